The highest BCUT2D eigenvalue weighted by molar-refractivity contribution is 7.90. The standard InChI is InChI=1S/C19H17FN4O5S2/c1-31(28,29)12-6-7-15(16(10-12)24(26)27)21-8-9-22-18(25)17-11-23-19(30-17)13-4-2-3-5-14(13)20/h2-7,10-11,21H,8-9H2,1H3,(H,22,25). The number of hydrogen-bond acceptors (Lipinski definition) is 8. The Balaban J connectivity index is 1.60. The van der Waals surface area contributed by atoms with E-state index in [0.29, 0.717) is 15.4 Å². The summed E-state index contributed by atoms with van der Waals surface area (Å²) in [6.45, 7) is 0.292. The average molecular weight is 465 g/mol. The van der Waals surface area contributed by atoms with Crippen LogP contribution in [0.1, 0.15) is 9.67 Å². The summed E-state index contributed by atoms with van der Waals surface area (Å²) in [5.41, 5.74) is 0.0515. The van der Waals surface area contributed by atoms with Crippen LogP contribution in [0.3, 0.4) is 0 Å². The highest BCUT2D eigenvalue weighted by atomic mass is 32.2. The molecule has 9 nitrogen and oxygen atoms in total. The van der Waals surface area contributed by atoms with E-state index in [1.165, 1.54) is 24.4 Å². The average Bonchev–Trinajstić information content (AvgIpc) is 3.20. The summed E-state index contributed by atoms with van der Waals surface area (Å²) in [7, 11) is -3.58. The van der Waals surface area contributed by atoms with Crippen molar-refractivity contribution in [3.63, 3.8) is 0 Å². The molecule has 0 aliphatic carbocycles. The number of carbonyl (C=O) groups excluding carboxylic acids is 1. The maximum atomic E-state index is 13.9. The van der Waals surface area contributed by atoms with Gasteiger partial charge in [0.25, 0.3) is 11.6 Å². The number of carbonyl (C=O) groups is 1. The Morgan fingerprint density at radius 1 is 1.23 bits per heavy atom. The van der Waals surface area contributed by atoms with Gasteiger partial charge in [-0.1, -0.05) is 12.1 Å². The van der Waals surface area contributed by atoms with Gasteiger partial charge >= 0.3 is 0 Å². The van der Waals surface area contributed by atoms with Gasteiger partial charge in [-0.3, -0.25) is 14.9 Å². The second kappa shape index (κ2) is 9.18. The van der Waals surface area contributed by atoms with E-state index in [0.717, 1.165) is 23.7 Å². The molecular formula is C19H17FN4O5S2. The molecule has 0 radical (unpaired) electrons. The predicted molar refractivity (Wildman–Crippen MR) is 115 cm³/mol. The fourth-order valence-corrected chi connectivity index (χ4v) is 4.14. The molecule has 3 rings (SSSR count). The number of amides is 1. The monoisotopic (exact) mass is 464 g/mol. The Hall–Kier alpha value is -3.38. The number of nitro groups is 1. The van der Waals surface area contributed by atoms with Crippen LogP contribution in [0.15, 0.2) is 53.6 Å². The molecule has 1 amide bonds. The van der Waals surface area contributed by atoms with E-state index in [1.807, 2.05) is 0 Å². The van der Waals surface area contributed by atoms with Crippen LogP contribution in [0, 0.1) is 15.9 Å². The SMILES string of the molecule is CS(=O)(=O)c1ccc(NCCNC(=O)c2cnc(-c3ccccc3F)s2)c([N+](=O)[O-])c1. The molecule has 162 valence electrons. The van der Waals surface area contributed by atoms with Crippen molar-refractivity contribution in [3.8, 4) is 10.6 Å². The first kappa shape index (κ1) is 22.3. The Labute approximate surface area is 181 Å². The Bertz CT molecular complexity index is 1240. The number of nitro benzene ring substituents is 1. The van der Waals surface area contributed by atoms with Crippen molar-refractivity contribution in [1.29, 1.82) is 0 Å². The van der Waals surface area contributed by atoms with Crippen molar-refractivity contribution < 1.29 is 22.5 Å². The highest BCUT2D eigenvalue weighted by Crippen LogP contribution is 2.28. The van der Waals surface area contributed by atoms with Crippen LogP contribution in [0.25, 0.3) is 10.6 Å². The summed E-state index contributed by atoms with van der Waals surface area (Å²) >= 11 is 1.04. The molecule has 31 heavy (non-hydrogen) atoms. The van der Waals surface area contributed by atoms with Crippen molar-refractivity contribution in [2.45, 2.75) is 4.90 Å². The molecule has 12 heteroatoms. The van der Waals surface area contributed by atoms with Crippen LogP contribution >= 0.6 is 11.3 Å². The number of aromatic nitrogens is 1. The molecule has 0 aliphatic rings. The lowest BCUT2D eigenvalue weighted by atomic mass is 10.2. The molecule has 1 heterocycles. The second-order valence-electron chi connectivity index (χ2n) is 6.40. The molecule has 2 aromatic carbocycles. The van der Waals surface area contributed by atoms with Gasteiger partial charge in [0, 0.05) is 31.0 Å². The first-order valence-electron chi connectivity index (χ1n) is 8.88. The summed E-state index contributed by atoms with van der Waals surface area (Å²) in [6.07, 6.45) is 2.32. The molecule has 0 saturated heterocycles. The normalized spacial score (nSPS) is 11.2. The lowest BCUT2D eigenvalue weighted by molar-refractivity contribution is -0.384. The van der Waals surface area contributed by atoms with Gasteiger partial charge in [0.15, 0.2) is 9.84 Å². The van der Waals surface area contributed by atoms with E-state index in [1.54, 1.807) is 18.2 Å². The van der Waals surface area contributed by atoms with Crippen molar-refractivity contribution in [1.82, 2.24) is 10.3 Å². The maximum Gasteiger partial charge on any atom is 0.293 e. The van der Waals surface area contributed by atoms with E-state index in [2.05, 4.69) is 15.6 Å². The zero-order valence-electron chi connectivity index (χ0n) is 16.2. The summed E-state index contributed by atoms with van der Waals surface area (Å²) in [6, 6.07) is 9.67. The number of hydrogen-bond donors (Lipinski definition) is 2. The number of nitrogens with zero attached hydrogens (tertiary/aromatic N) is 2. The molecule has 0 spiro atoms. The number of sulfone groups is 1. The number of nitrogens with one attached hydrogen (secondary N) is 2. The fraction of sp³-hybridized carbons (Fsp3) is 0.158. The number of anilines is 1. The summed E-state index contributed by atoms with van der Waals surface area (Å²) < 4.78 is 37.0. The number of rotatable bonds is 8. The topological polar surface area (TPSA) is 131 Å². The number of benzene rings is 2. The minimum atomic E-state index is -3.58. The van der Waals surface area contributed by atoms with Gasteiger partial charge in [0.1, 0.15) is 21.4 Å². The minimum Gasteiger partial charge on any atom is -0.378 e. The molecule has 2 N–H and O–H groups in total. The predicted octanol–water partition coefficient (Wildman–Crippen LogP) is 3.10. The maximum absolute atomic E-state index is 13.9. The third-order valence-corrected chi connectivity index (χ3v) is 6.29. The molecule has 0 fully saturated rings. The Morgan fingerprint density at radius 3 is 2.65 bits per heavy atom. The van der Waals surface area contributed by atoms with Gasteiger partial charge in [0.05, 0.1) is 16.0 Å². The number of thiazole rings is 1. The van der Waals surface area contributed by atoms with Gasteiger partial charge in [0.2, 0.25) is 0 Å². The molecular weight excluding hydrogens is 447 g/mol. The van der Waals surface area contributed by atoms with E-state index in [9.17, 15) is 27.7 Å². The Kier molecular flexibility index (Phi) is 6.61. The molecule has 0 aliphatic heterocycles. The van der Waals surface area contributed by atoms with Crippen LogP contribution in [0.2, 0.25) is 0 Å². The molecule has 0 unspecified atom stereocenters. The molecule has 3 aromatic rings. The third kappa shape index (κ3) is 5.41. The van der Waals surface area contributed by atoms with E-state index in [4.69, 9.17) is 0 Å². The van der Waals surface area contributed by atoms with Crippen molar-refractivity contribution in [3.05, 3.63) is 69.5 Å². The van der Waals surface area contributed by atoms with E-state index >= 15 is 0 Å². The van der Waals surface area contributed by atoms with Crippen LogP contribution in [-0.4, -0.2) is 43.6 Å². The summed E-state index contributed by atoms with van der Waals surface area (Å²) in [4.78, 5) is 27.1. The van der Waals surface area contributed by atoms with Gasteiger partial charge in [-0.15, -0.1) is 11.3 Å². The van der Waals surface area contributed by atoms with Gasteiger partial charge in [-0.25, -0.2) is 17.8 Å². The highest BCUT2D eigenvalue weighted by Gasteiger charge is 2.19. The minimum absolute atomic E-state index is 0.131. The van der Waals surface area contributed by atoms with Gasteiger partial charge in [-0.05, 0) is 24.3 Å². The molecule has 0 bridgehead atoms. The molecule has 1 aromatic heterocycles. The van der Waals surface area contributed by atoms with Crippen molar-refractivity contribution in [2.24, 2.45) is 0 Å². The molecule has 0 atom stereocenters. The van der Waals surface area contributed by atoms with Crippen LogP contribution in [0.5, 0.6) is 0 Å². The van der Waals surface area contributed by atoms with Gasteiger partial charge in [-0.2, -0.15) is 0 Å². The van der Waals surface area contributed by atoms with Gasteiger partial charge < -0.3 is 10.6 Å². The largest absolute Gasteiger partial charge is 0.378 e. The summed E-state index contributed by atoms with van der Waals surface area (Å²) in [5, 5.41) is 17.1. The van der Waals surface area contributed by atoms with Crippen LogP contribution in [0.4, 0.5) is 15.8 Å². The zero-order chi connectivity index (χ0) is 22.6. The third-order valence-electron chi connectivity index (χ3n) is 4.15. The fourth-order valence-electron chi connectivity index (χ4n) is 2.64. The van der Waals surface area contributed by atoms with E-state index in [-0.39, 0.29) is 29.4 Å². The van der Waals surface area contributed by atoms with Crippen LogP contribution in [-0.2, 0) is 9.84 Å². The molecule has 0 saturated carbocycles. The van der Waals surface area contributed by atoms with Crippen molar-refractivity contribution in [2.75, 3.05) is 24.7 Å². The first-order valence-corrected chi connectivity index (χ1v) is 11.6. The van der Waals surface area contributed by atoms with E-state index < -0.39 is 26.5 Å². The van der Waals surface area contributed by atoms with Crippen molar-refractivity contribution >= 4 is 38.5 Å². The smallest absolute Gasteiger partial charge is 0.293 e. The lowest BCUT2D eigenvalue weighted by Crippen LogP contribution is -2.28. The first-order chi connectivity index (χ1) is 14.7. The second-order valence-corrected chi connectivity index (χ2v) is 9.45. The van der Waals surface area contributed by atoms with Crippen LogP contribution < -0.4 is 10.6 Å². The number of halogens is 1. The Morgan fingerprint density at radius 2 is 1.97 bits per heavy atom. The lowest BCUT2D eigenvalue weighted by Gasteiger charge is -2.09. The quantitative estimate of drug-likeness (QED) is 0.297. The zero-order valence-corrected chi connectivity index (χ0v) is 17.8. The summed E-state index contributed by atoms with van der Waals surface area (Å²) in [5.74, 6) is -0.847.